The van der Waals surface area contributed by atoms with Gasteiger partial charge in [-0.15, -0.1) is 0 Å². The first-order valence-corrected chi connectivity index (χ1v) is 6.27. The lowest BCUT2D eigenvalue weighted by Crippen LogP contribution is -2.06. The minimum absolute atomic E-state index is 0.584. The second-order valence-electron chi connectivity index (χ2n) is 4.54. The number of aliphatic hydroxyl groups excluding tert-OH is 1. The number of hydrogen-bond donors (Lipinski definition) is 1. The maximum absolute atomic E-state index is 10.5. The van der Waals surface area contributed by atoms with Gasteiger partial charge in [-0.25, -0.2) is 0 Å². The molecule has 1 heterocycles. The van der Waals surface area contributed by atoms with Gasteiger partial charge < -0.3 is 14.6 Å². The van der Waals surface area contributed by atoms with Gasteiger partial charge in [0.2, 0.25) is 0 Å². The third-order valence-corrected chi connectivity index (χ3v) is 3.16. The van der Waals surface area contributed by atoms with E-state index in [-0.39, 0.29) is 0 Å². The van der Waals surface area contributed by atoms with E-state index < -0.39 is 6.10 Å². The van der Waals surface area contributed by atoms with E-state index in [0.717, 1.165) is 16.8 Å². The predicted molar refractivity (Wildman–Crippen MR) is 75.1 cm³/mol. The van der Waals surface area contributed by atoms with Crippen LogP contribution in [0, 0.1) is 13.8 Å². The summed E-state index contributed by atoms with van der Waals surface area (Å²) in [5.74, 6) is 1.21. The maximum Gasteiger partial charge on any atom is 0.161 e. The SMILES string of the molecule is COc1ccc(C(O)c2cc(C)nnc2C)cc1OC. The van der Waals surface area contributed by atoms with Gasteiger partial charge in [0.05, 0.1) is 25.6 Å². The molecule has 0 amide bonds. The summed E-state index contributed by atoms with van der Waals surface area (Å²) in [5.41, 5.74) is 2.94. The Morgan fingerprint density at radius 2 is 1.70 bits per heavy atom. The van der Waals surface area contributed by atoms with Crippen molar-refractivity contribution in [3.63, 3.8) is 0 Å². The molecule has 1 aromatic heterocycles. The molecule has 106 valence electrons. The van der Waals surface area contributed by atoms with Crippen LogP contribution in [0.25, 0.3) is 0 Å². The highest BCUT2D eigenvalue weighted by Crippen LogP contribution is 2.32. The molecule has 0 aliphatic heterocycles. The van der Waals surface area contributed by atoms with Gasteiger partial charge in [-0.3, -0.25) is 0 Å². The molecule has 5 nitrogen and oxygen atoms in total. The quantitative estimate of drug-likeness (QED) is 0.926. The summed E-state index contributed by atoms with van der Waals surface area (Å²) >= 11 is 0. The number of hydrogen-bond acceptors (Lipinski definition) is 5. The smallest absolute Gasteiger partial charge is 0.161 e. The Labute approximate surface area is 118 Å². The standard InChI is InChI=1S/C15H18N2O3/c1-9-7-12(10(2)17-16-9)15(18)11-5-6-13(19-3)14(8-11)20-4/h5-8,15,18H,1-4H3. The highest BCUT2D eigenvalue weighted by atomic mass is 16.5. The lowest BCUT2D eigenvalue weighted by molar-refractivity contribution is 0.217. The lowest BCUT2D eigenvalue weighted by Gasteiger charge is -2.16. The molecule has 0 bridgehead atoms. The molecule has 0 spiro atoms. The summed E-state index contributed by atoms with van der Waals surface area (Å²) in [5, 5.41) is 18.5. The fraction of sp³-hybridized carbons (Fsp3) is 0.333. The second-order valence-corrected chi connectivity index (χ2v) is 4.54. The first-order valence-electron chi connectivity index (χ1n) is 6.27. The van der Waals surface area contributed by atoms with E-state index in [0.29, 0.717) is 17.2 Å². The van der Waals surface area contributed by atoms with Crippen molar-refractivity contribution in [3.8, 4) is 11.5 Å². The van der Waals surface area contributed by atoms with Crippen molar-refractivity contribution in [2.45, 2.75) is 20.0 Å². The van der Waals surface area contributed by atoms with Crippen molar-refractivity contribution in [1.82, 2.24) is 10.2 Å². The number of aliphatic hydroxyl groups is 1. The van der Waals surface area contributed by atoms with E-state index in [2.05, 4.69) is 10.2 Å². The molecule has 1 unspecified atom stereocenters. The molecule has 1 atom stereocenters. The summed E-state index contributed by atoms with van der Waals surface area (Å²) in [6, 6.07) is 7.18. The Hall–Kier alpha value is -2.14. The van der Waals surface area contributed by atoms with Crippen molar-refractivity contribution in [3.05, 3.63) is 46.8 Å². The van der Waals surface area contributed by atoms with E-state index in [1.807, 2.05) is 19.9 Å². The second kappa shape index (κ2) is 5.88. The van der Waals surface area contributed by atoms with Gasteiger partial charge in [0.25, 0.3) is 0 Å². The summed E-state index contributed by atoms with van der Waals surface area (Å²) in [4.78, 5) is 0. The van der Waals surface area contributed by atoms with Crippen LogP contribution in [-0.4, -0.2) is 29.5 Å². The molecule has 0 aliphatic rings. The first kappa shape index (κ1) is 14.3. The molecule has 0 saturated heterocycles. The normalized spacial score (nSPS) is 12.1. The Morgan fingerprint density at radius 1 is 1.00 bits per heavy atom. The van der Waals surface area contributed by atoms with Crippen LogP contribution in [-0.2, 0) is 0 Å². The van der Waals surface area contributed by atoms with Crippen molar-refractivity contribution in [2.24, 2.45) is 0 Å². The van der Waals surface area contributed by atoms with E-state index in [1.54, 1.807) is 32.4 Å². The van der Waals surface area contributed by atoms with Gasteiger partial charge in [0.1, 0.15) is 6.10 Å². The molecule has 2 aromatic rings. The van der Waals surface area contributed by atoms with Crippen LogP contribution in [0.15, 0.2) is 24.3 Å². The number of aromatic nitrogens is 2. The topological polar surface area (TPSA) is 64.5 Å². The van der Waals surface area contributed by atoms with Gasteiger partial charge in [-0.05, 0) is 37.6 Å². The van der Waals surface area contributed by atoms with Crippen LogP contribution < -0.4 is 9.47 Å². The minimum Gasteiger partial charge on any atom is -0.493 e. The van der Waals surface area contributed by atoms with Crippen LogP contribution >= 0.6 is 0 Å². The largest absolute Gasteiger partial charge is 0.493 e. The summed E-state index contributed by atoms with van der Waals surface area (Å²) < 4.78 is 10.4. The molecular weight excluding hydrogens is 256 g/mol. The molecule has 2 rings (SSSR count). The maximum atomic E-state index is 10.5. The van der Waals surface area contributed by atoms with Crippen LogP contribution in [0.1, 0.15) is 28.6 Å². The van der Waals surface area contributed by atoms with Crippen LogP contribution in [0.4, 0.5) is 0 Å². The Bertz CT molecular complexity index is 614. The molecule has 0 aliphatic carbocycles. The monoisotopic (exact) mass is 274 g/mol. The van der Waals surface area contributed by atoms with E-state index in [1.165, 1.54) is 0 Å². The third kappa shape index (κ3) is 2.72. The van der Waals surface area contributed by atoms with E-state index in [9.17, 15) is 5.11 Å². The first-order chi connectivity index (χ1) is 9.56. The number of rotatable bonds is 4. The Balaban J connectivity index is 2.42. The molecule has 5 heteroatoms. The fourth-order valence-corrected chi connectivity index (χ4v) is 2.05. The zero-order chi connectivity index (χ0) is 14.7. The Kier molecular flexibility index (Phi) is 4.20. The zero-order valence-corrected chi connectivity index (χ0v) is 12.0. The van der Waals surface area contributed by atoms with Crippen LogP contribution in [0.3, 0.4) is 0 Å². The molecule has 1 N–H and O–H groups in total. The van der Waals surface area contributed by atoms with E-state index in [4.69, 9.17) is 9.47 Å². The number of aryl methyl sites for hydroxylation is 2. The van der Waals surface area contributed by atoms with Gasteiger partial charge in [-0.2, -0.15) is 10.2 Å². The van der Waals surface area contributed by atoms with E-state index >= 15 is 0 Å². The number of methoxy groups -OCH3 is 2. The van der Waals surface area contributed by atoms with Gasteiger partial charge in [-0.1, -0.05) is 6.07 Å². The van der Waals surface area contributed by atoms with Crippen molar-refractivity contribution >= 4 is 0 Å². The molecule has 1 aromatic carbocycles. The average molecular weight is 274 g/mol. The molecular formula is C15H18N2O3. The Morgan fingerprint density at radius 3 is 2.35 bits per heavy atom. The molecule has 20 heavy (non-hydrogen) atoms. The molecule has 0 fully saturated rings. The minimum atomic E-state index is -0.774. The lowest BCUT2D eigenvalue weighted by atomic mass is 10.00. The third-order valence-electron chi connectivity index (χ3n) is 3.16. The highest BCUT2D eigenvalue weighted by Gasteiger charge is 2.16. The predicted octanol–water partition coefficient (Wildman–Crippen LogP) is 2.19. The van der Waals surface area contributed by atoms with Gasteiger partial charge >= 0.3 is 0 Å². The molecule has 0 radical (unpaired) electrons. The summed E-state index contributed by atoms with van der Waals surface area (Å²) in [6.07, 6.45) is -0.774. The zero-order valence-electron chi connectivity index (χ0n) is 12.0. The van der Waals surface area contributed by atoms with Crippen molar-refractivity contribution in [1.29, 1.82) is 0 Å². The van der Waals surface area contributed by atoms with Crippen LogP contribution in [0.5, 0.6) is 11.5 Å². The fourth-order valence-electron chi connectivity index (χ4n) is 2.05. The summed E-state index contributed by atoms with van der Waals surface area (Å²) in [6.45, 7) is 3.67. The highest BCUT2D eigenvalue weighted by molar-refractivity contribution is 5.45. The molecule has 0 saturated carbocycles. The van der Waals surface area contributed by atoms with Crippen LogP contribution in [0.2, 0.25) is 0 Å². The van der Waals surface area contributed by atoms with Crippen molar-refractivity contribution in [2.75, 3.05) is 14.2 Å². The van der Waals surface area contributed by atoms with Crippen molar-refractivity contribution < 1.29 is 14.6 Å². The average Bonchev–Trinajstić information content (AvgIpc) is 2.48. The number of nitrogens with zero attached hydrogens (tertiary/aromatic N) is 2. The number of ether oxygens (including phenoxy) is 2. The van der Waals surface area contributed by atoms with Gasteiger partial charge in [0.15, 0.2) is 11.5 Å². The number of benzene rings is 1. The van der Waals surface area contributed by atoms with Gasteiger partial charge in [0, 0.05) is 5.56 Å². The summed E-state index contributed by atoms with van der Waals surface area (Å²) in [7, 11) is 3.14.